The molecule has 0 radical (unpaired) electrons. The average Bonchev–Trinajstić information content (AvgIpc) is 2.86. The predicted molar refractivity (Wildman–Crippen MR) is 83.3 cm³/mol. The van der Waals surface area contributed by atoms with Crippen molar-refractivity contribution in [3.05, 3.63) is 24.2 Å². The molecule has 0 aromatic carbocycles. The zero-order valence-electron chi connectivity index (χ0n) is 13.6. The number of hydrogen-bond acceptors (Lipinski definition) is 4. The third-order valence-electron chi connectivity index (χ3n) is 2.92. The summed E-state index contributed by atoms with van der Waals surface area (Å²) in [6, 6.07) is 4.34. The molecule has 120 valence electrons. The van der Waals surface area contributed by atoms with E-state index in [2.05, 4.69) is 17.6 Å². The molecule has 0 bridgehead atoms. The summed E-state index contributed by atoms with van der Waals surface area (Å²) in [4.78, 5) is 11.4. The summed E-state index contributed by atoms with van der Waals surface area (Å²) in [6.45, 7) is 9.21. The SMILES string of the molecule is CC(CCc1ccco1)NCCCNC(=O)OC(C)(C)C. The molecule has 1 amide bonds. The Kier molecular flexibility index (Phi) is 7.29. The molecule has 1 aromatic heterocycles. The van der Waals surface area contributed by atoms with Gasteiger partial charge in [0, 0.05) is 19.0 Å². The number of rotatable bonds is 8. The monoisotopic (exact) mass is 296 g/mol. The Labute approximate surface area is 127 Å². The van der Waals surface area contributed by atoms with Crippen LogP contribution < -0.4 is 10.6 Å². The highest BCUT2D eigenvalue weighted by Crippen LogP contribution is 2.06. The minimum Gasteiger partial charge on any atom is -0.469 e. The van der Waals surface area contributed by atoms with Gasteiger partial charge in [-0.2, -0.15) is 0 Å². The van der Waals surface area contributed by atoms with E-state index in [1.807, 2.05) is 32.9 Å². The standard InChI is InChI=1S/C16H28N2O3/c1-13(8-9-14-7-5-12-20-14)17-10-6-11-18-15(19)21-16(2,3)4/h5,7,12-13,17H,6,8-11H2,1-4H3,(H,18,19). The van der Waals surface area contributed by atoms with Crippen molar-refractivity contribution in [2.24, 2.45) is 0 Å². The molecule has 1 rings (SSSR count). The number of aryl methyl sites for hydroxylation is 1. The lowest BCUT2D eigenvalue weighted by Gasteiger charge is -2.19. The predicted octanol–water partition coefficient (Wildman–Crippen LogP) is 3.11. The molecule has 0 fully saturated rings. The molecule has 0 saturated carbocycles. The Morgan fingerprint density at radius 2 is 2.14 bits per heavy atom. The maximum Gasteiger partial charge on any atom is 0.407 e. The molecular weight excluding hydrogens is 268 g/mol. The minimum absolute atomic E-state index is 0.353. The minimum atomic E-state index is -0.442. The number of alkyl carbamates (subject to hydrolysis) is 1. The molecule has 0 spiro atoms. The first kappa shape index (κ1) is 17.6. The van der Waals surface area contributed by atoms with Crippen LogP contribution in [0.4, 0.5) is 4.79 Å². The van der Waals surface area contributed by atoms with Gasteiger partial charge in [0.05, 0.1) is 6.26 Å². The number of furan rings is 1. The highest BCUT2D eigenvalue weighted by atomic mass is 16.6. The zero-order chi connectivity index (χ0) is 15.7. The molecular formula is C16H28N2O3. The van der Waals surface area contributed by atoms with E-state index in [9.17, 15) is 4.79 Å². The largest absolute Gasteiger partial charge is 0.469 e. The fraction of sp³-hybridized carbons (Fsp3) is 0.688. The van der Waals surface area contributed by atoms with E-state index in [1.54, 1.807) is 6.26 Å². The summed E-state index contributed by atoms with van der Waals surface area (Å²) in [5.41, 5.74) is -0.442. The molecule has 5 heteroatoms. The molecule has 0 aliphatic carbocycles. The fourth-order valence-corrected chi connectivity index (χ4v) is 1.86. The first-order valence-electron chi connectivity index (χ1n) is 7.59. The van der Waals surface area contributed by atoms with Crippen molar-refractivity contribution in [3.8, 4) is 0 Å². The normalized spacial score (nSPS) is 13.0. The summed E-state index contributed by atoms with van der Waals surface area (Å²) in [7, 11) is 0. The Balaban J connectivity index is 1.99. The van der Waals surface area contributed by atoms with Crippen LogP contribution in [-0.4, -0.2) is 30.8 Å². The summed E-state index contributed by atoms with van der Waals surface area (Å²) in [6.07, 6.45) is 4.21. The van der Waals surface area contributed by atoms with Gasteiger partial charge < -0.3 is 19.8 Å². The van der Waals surface area contributed by atoms with Crippen LogP contribution in [-0.2, 0) is 11.2 Å². The highest BCUT2D eigenvalue weighted by molar-refractivity contribution is 5.67. The van der Waals surface area contributed by atoms with Crippen molar-refractivity contribution in [1.82, 2.24) is 10.6 Å². The van der Waals surface area contributed by atoms with Gasteiger partial charge in [-0.1, -0.05) is 0 Å². The molecule has 1 heterocycles. The Morgan fingerprint density at radius 1 is 1.38 bits per heavy atom. The summed E-state index contributed by atoms with van der Waals surface area (Å²) in [5.74, 6) is 1.02. The van der Waals surface area contributed by atoms with Crippen molar-refractivity contribution in [3.63, 3.8) is 0 Å². The lowest BCUT2D eigenvalue weighted by atomic mass is 10.1. The van der Waals surface area contributed by atoms with Gasteiger partial charge in [0.25, 0.3) is 0 Å². The summed E-state index contributed by atoms with van der Waals surface area (Å²) in [5, 5.41) is 6.18. The molecule has 5 nitrogen and oxygen atoms in total. The molecule has 0 aliphatic rings. The first-order valence-corrected chi connectivity index (χ1v) is 7.59. The van der Waals surface area contributed by atoms with Crippen LogP contribution in [0.1, 0.15) is 46.3 Å². The number of ether oxygens (including phenoxy) is 1. The number of nitrogens with one attached hydrogen (secondary N) is 2. The Bertz CT molecular complexity index is 396. The van der Waals surface area contributed by atoms with Crippen LogP contribution in [0.15, 0.2) is 22.8 Å². The van der Waals surface area contributed by atoms with Crippen molar-refractivity contribution in [1.29, 1.82) is 0 Å². The van der Waals surface area contributed by atoms with E-state index < -0.39 is 5.60 Å². The van der Waals surface area contributed by atoms with Crippen LogP contribution in [0.25, 0.3) is 0 Å². The maximum absolute atomic E-state index is 11.4. The van der Waals surface area contributed by atoms with Crippen LogP contribution in [0.3, 0.4) is 0 Å². The van der Waals surface area contributed by atoms with Gasteiger partial charge in [0.2, 0.25) is 0 Å². The highest BCUT2D eigenvalue weighted by Gasteiger charge is 2.15. The van der Waals surface area contributed by atoms with Gasteiger partial charge in [-0.3, -0.25) is 0 Å². The Morgan fingerprint density at radius 3 is 2.76 bits per heavy atom. The first-order chi connectivity index (χ1) is 9.87. The van der Waals surface area contributed by atoms with Gasteiger partial charge in [0.15, 0.2) is 0 Å². The number of carbonyl (C=O) groups is 1. The van der Waals surface area contributed by atoms with E-state index >= 15 is 0 Å². The molecule has 1 unspecified atom stereocenters. The second-order valence-corrected chi connectivity index (χ2v) is 6.26. The average molecular weight is 296 g/mol. The molecule has 0 aliphatic heterocycles. The third kappa shape index (κ3) is 9.13. The summed E-state index contributed by atoms with van der Waals surface area (Å²) >= 11 is 0. The quantitative estimate of drug-likeness (QED) is 0.724. The van der Waals surface area contributed by atoms with E-state index in [0.717, 1.165) is 31.6 Å². The number of hydrogen-bond donors (Lipinski definition) is 2. The molecule has 2 N–H and O–H groups in total. The van der Waals surface area contributed by atoms with Crippen molar-refractivity contribution < 1.29 is 13.9 Å². The molecule has 1 atom stereocenters. The third-order valence-corrected chi connectivity index (χ3v) is 2.92. The topological polar surface area (TPSA) is 63.5 Å². The van der Waals surface area contributed by atoms with Crippen molar-refractivity contribution >= 4 is 6.09 Å². The molecule has 0 saturated heterocycles. The van der Waals surface area contributed by atoms with Crippen molar-refractivity contribution in [2.75, 3.05) is 13.1 Å². The number of carbonyl (C=O) groups excluding carboxylic acids is 1. The zero-order valence-corrected chi connectivity index (χ0v) is 13.6. The van der Waals surface area contributed by atoms with E-state index in [0.29, 0.717) is 12.6 Å². The van der Waals surface area contributed by atoms with Crippen LogP contribution in [0.2, 0.25) is 0 Å². The van der Waals surface area contributed by atoms with E-state index in [-0.39, 0.29) is 6.09 Å². The van der Waals surface area contributed by atoms with Gasteiger partial charge >= 0.3 is 6.09 Å². The van der Waals surface area contributed by atoms with E-state index in [4.69, 9.17) is 9.15 Å². The van der Waals surface area contributed by atoms with Crippen LogP contribution in [0.5, 0.6) is 0 Å². The number of amides is 1. The van der Waals surface area contributed by atoms with Crippen LogP contribution in [0, 0.1) is 0 Å². The van der Waals surface area contributed by atoms with Crippen LogP contribution >= 0.6 is 0 Å². The second kappa shape index (κ2) is 8.72. The fourth-order valence-electron chi connectivity index (χ4n) is 1.86. The van der Waals surface area contributed by atoms with E-state index in [1.165, 1.54) is 0 Å². The molecule has 21 heavy (non-hydrogen) atoms. The van der Waals surface area contributed by atoms with Gasteiger partial charge in [-0.25, -0.2) is 4.79 Å². The van der Waals surface area contributed by atoms with Gasteiger partial charge in [-0.15, -0.1) is 0 Å². The lowest BCUT2D eigenvalue weighted by Crippen LogP contribution is -2.35. The lowest BCUT2D eigenvalue weighted by molar-refractivity contribution is 0.0527. The van der Waals surface area contributed by atoms with Gasteiger partial charge in [-0.05, 0) is 59.2 Å². The smallest absolute Gasteiger partial charge is 0.407 e. The summed E-state index contributed by atoms with van der Waals surface area (Å²) < 4.78 is 10.5. The Hall–Kier alpha value is -1.49. The molecule has 1 aromatic rings. The van der Waals surface area contributed by atoms with Crippen molar-refractivity contribution in [2.45, 2.75) is 58.6 Å². The second-order valence-electron chi connectivity index (χ2n) is 6.26. The van der Waals surface area contributed by atoms with Gasteiger partial charge in [0.1, 0.15) is 11.4 Å². The maximum atomic E-state index is 11.4.